The fourth-order valence-corrected chi connectivity index (χ4v) is 3.09. The minimum Gasteiger partial charge on any atom is -0.376 e. The molecule has 2 aromatic heterocycles. The SMILES string of the molecule is Cc1cscc1-c1nc(=S)c2c([nH]1)CCOC2. The Hall–Kier alpha value is -1.04. The predicted molar refractivity (Wildman–Crippen MR) is 70.8 cm³/mol. The van der Waals surface area contributed by atoms with Crippen LogP contribution in [-0.2, 0) is 17.8 Å². The zero-order valence-electron chi connectivity index (χ0n) is 9.45. The molecular formula is C12H12N2OS2. The zero-order chi connectivity index (χ0) is 11.8. The number of nitrogens with zero attached hydrogens (tertiary/aromatic N) is 1. The van der Waals surface area contributed by atoms with Gasteiger partial charge in [-0.25, -0.2) is 4.98 Å². The summed E-state index contributed by atoms with van der Waals surface area (Å²) >= 11 is 7.02. The van der Waals surface area contributed by atoms with E-state index in [1.807, 2.05) is 0 Å². The molecule has 0 aromatic carbocycles. The number of aryl methyl sites for hydroxylation is 1. The Labute approximate surface area is 108 Å². The molecule has 0 saturated carbocycles. The van der Waals surface area contributed by atoms with Crippen molar-refractivity contribution in [2.24, 2.45) is 0 Å². The first-order valence-electron chi connectivity index (χ1n) is 5.48. The van der Waals surface area contributed by atoms with E-state index in [0.717, 1.165) is 30.0 Å². The molecule has 1 N–H and O–H groups in total. The van der Waals surface area contributed by atoms with E-state index in [1.165, 1.54) is 11.3 Å². The van der Waals surface area contributed by atoms with Crippen molar-refractivity contribution in [1.29, 1.82) is 0 Å². The molecule has 1 aliphatic heterocycles. The van der Waals surface area contributed by atoms with Gasteiger partial charge in [0.25, 0.3) is 0 Å². The number of aromatic amines is 1. The summed E-state index contributed by atoms with van der Waals surface area (Å²) in [6.07, 6.45) is 0.887. The summed E-state index contributed by atoms with van der Waals surface area (Å²) in [5, 5.41) is 4.23. The molecule has 0 spiro atoms. The first-order valence-corrected chi connectivity index (χ1v) is 6.84. The summed E-state index contributed by atoms with van der Waals surface area (Å²) in [6, 6.07) is 0. The number of nitrogens with one attached hydrogen (secondary N) is 1. The first-order chi connectivity index (χ1) is 8.25. The lowest BCUT2D eigenvalue weighted by molar-refractivity contribution is 0.108. The van der Waals surface area contributed by atoms with Crippen molar-refractivity contribution < 1.29 is 4.74 Å². The minimum atomic E-state index is 0.584. The summed E-state index contributed by atoms with van der Waals surface area (Å²) in [4.78, 5) is 7.87. The summed E-state index contributed by atoms with van der Waals surface area (Å²) < 4.78 is 6.07. The second-order valence-electron chi connectivity index (χ2n) is 4.12. The van der Waals surface area contributed by atoms with E-state index in [1.54, 1.807) is 11.3 Å². The molecule has 5 heteroatoms. The number of ether oxygens (including phenoxy) is 1. The highest BCUT2D eigenvalue weighted by molar-refractivity contribution is 7.71. The van der Waals surface area contributed by atoms with Crippen molar-refractivity contribution in [2.45, 2.75) is 20.0 Å². The van der Waals surface area contributed by atoms with E-state index in [9.17, 15) is 0 Å². The topological polar surface area (TPSA) is 37.9 Å². The third-order valence-electron chi connectivity index (χ3n) is 2.96. The molecular weight excluding hydrogens is 252 g/mol. The van der Waals surface area contributed by atoms with Gasteiger partial charge >= 0.3 is 0 Å². The van der Waals surface area contributed by atoms with Crippen molar-refractivity contribution >= 4 is 23.6 Å². The smallest absolute Gasteiger partial charge is 0.140 e. The number of fused-ring (bicyclic) bond motifs is 1. The van der Waals surface area contributed by atoms with Crippen LogP contribution in [0.4, 0.5) is 0 Å². The molecule has 0 bridgehead atoms. The normalized spacial score (nSPS) is 14.6. The summed E-state index contributed by atoms with van der Waals surface area (Å²) in [7, 11) is 0. The Kier molecular flexibility index (Phi) is 2.82. The van der Waals surface area contributed by atoms with Crippen LogP contribution in [0.3, 0.4) is 0 Å². The second kappa shape index (κ2) is 4.33. The summed E-state index contributed by atoms with van der Waals surface area (Å²) in [5.41, 5.74) is 4.61. The van der Waals surface area contributed by atoms with Crippen LogP contribution in [0.1, 0.15) is 16.8 Å². The van der Waals surface area contributed by atoms with Gasteiger partial charge in [0.05, 0.1) is 13.2 Å². The van der Waals surface area contributed by atoms with Crippen LogP contribution in [0.15, 0.2) is 10.8 Å². The maximum atomic E-state index is 5.41. The molecule has 3 rings (SSSR count). The number of rotatable bonds is 1. The van der Waals surface area contributed by atoms with Crippen molar-refractivity contribution in [2.75, 3.05) is 6.61 Å². The van der Waals surface area contributed by atoms with Crippen molar-refractivity contribution in [3.8, 4) is 11.4 Å². The van der Waals surface area contributed by atoms with Gasteiger partial charge in [0, 0.05) is 28.6 Å². The van der Waals surface area contributed by atoms with E-state index in [4.69, 9.17) is 17.0 Å². The molecule has 88 valence electrons. The van der Waals surface area contributed by atoms with Gasteiger partial charge in [-0.3, -0.25) is 0 Å². The third kappa shape index (κ3) is 1.94. The number of H-pyrrole nitrogens is 1. The number of aromatic nitrogens is 2. The largest absolute Gasteiger partial charge is 0.376 e. The van der Waals surface area contributed by atoms with Gasteiger partial charge in [-0.15, -0.1) is 0 Å². The third-order valence-corrected chi connectivity index (χ3v) is 4.16. The second-order valence-corrected chi connectivity index (χ2v) is 5.25. The average Bonchev–Trinajstić information content (AvgIpc) is 2.75. The molecule has 3 nitrogen and oxygen atoms in total. The monoisotopic (exact) mass is 264 g/mol. The Morgan fingerprint density at radius 1 is 1.47 bits per heavy atom. The molecule has 0 aliphatic carbocycles. The van der Waals surface area contributed by atoms with Crippen LogP contribution in [0.5, 0.6) is 0 Å². The van der Waals surface area contributed by atoms with E-state index in [-0.39, 0.29) is 0 Å². The molecule has 1 aliphatic rings. The molecule has 0 unspecified atom stereocenters. The molecule has 0 fully saturated rings. The fourth-order valence-electron chi connectivity index (χ4n) is 1.99. The Morgan fingerprint density at radius 2 is 2.35 bits per heavy atom. The standard InChI is InChI=1S/C12H12N2OS2/c1-7-5-17-6-9(7)11-13-10-2-3-15-4-8(10)12(16)14-11/h5-6H,2-4H2,1H3,(H,13,14,16). The maximum Gasteiger partial charge on any atom is 0.140 e. The number of hydrogen-bond donors (Lipinski definition) is 1. The average molecular weight is 264 g/mol. The highest BCUT2D eigenvalue weighted by Crippen LogP contribution is 2.26. The summed E-state index contributed by atoms with van der Waals surface area (Å²) in [5.74, 6) is 0.884. The Morgan fingerprint density at radius 3 is 3.12 bits per heavy atom. The summed E-state index contributed by atoms with van der Waals surface area (Å²) in [6.45, 7) is 3.43. The van der Waals surface area contributed by atoms with E-state index < -0.39 is 0 Å². The van der Waals surface area contributed by atoms with Crippen molar-refractivity contribution in [1.82, 2.24) is 9.97 Å². The maximum absolute atomic E-state index is 5.41. The minimum absolute atomic E-state index is 0.584. The van der Waals surface area contributed by atoms with Gasteiger partial charge in [0.2, 0.25) is 0 Å². The molecule has 0 saturated heterocycles. The van der Waals surface area contributed by atoms with Crippen LogP contribution in [0.2, 0.25) is 0 Å². The molecule has 0 radical (unpaired) electrons. The lowest BCUT2D eigenvalue weighted by atomic mass is 10.1. The van der Waals surface area contributed by atoms with Gasteiger partial charge in [0.15, 0.2) is 0 Å². The Bertz CT molecular complexity index is 615. The van der Waals surface area contributed by atoms with Crippen LogP contribution < -0.4 is 0 Å². The van der Waals surface area contributed by atoms with E-state index in [0.29, 0.717) is 11.2 Å². The number of thiophene rings is 1. The number of hydrogen-bond acceptors (Lipinski definition) is 4. The molecule has 2 aromatic rings. The Balaban J connectivity index is 2.17. The highest BCUT2D eigenvalue weighted by Gasteiger charge is 2.15. The predicted octanol–water partition coefficient (Wildman–Crippen LogP) is 3.25. The van der Waals surface area contributed by atoms with Crippen molar-refractivity contribution in [3.05, 3.63) is 32.2 Å². The van der Waals surface area contributed by atoms with Gasteiger partial charge in [0.1, 0.15) is 10.5 Å². The first kappa shape index (κ1) is 11.1. The molecule has 17 heavy (non-hydrogen) atoms. The highest BCUT2D eigenvalue weighted by atomic mass is 32.1. The molecule has 0 amide bonds. The lowest BCUT2D eigenvalue weighted by Crippen LogP contribution is -2.14. The van der Waals surface area contributed by atoms with Gasteiger partial charge in [-0.1, -0.05) is 12.2 Å². The quantitative estimate of drug-likeness (QED) is 0.803. The van der Waals surface area contributed by atoms with Gasteiger partial charge < -0.3 is 9.72 Å². The van der Waals surface area contributed by atoms with Crippen LogP contribution in [0, 0.1) is 11.6 Å². The van der Waals surface area contributed by atoms with Crippen LogP contribution >= 0.6 is 23.6 Å². The van der Waals surface area contributed by atoms with Gasteiger partial charge in [-0.2, -0.15) is 11.3 Å². The van der Waals surface area contributed by atoms with E-state index >= 15 is 0 Å². The van der Waals surface area contributed by atoms with Crippen molar-refractivity contribution in [3.63, 3.8) is 0 Å². The van der Waals surface area contributed by atoms with Crippen LogP contribution in [0.25, 0.3) is 11.4 Å². The van der Waals surface area contributed by atoms with E-state index in [2.05, 4.69) is 27.7 Å². The molecule has 3 heterocycles. The van der Waals surface area contributed by atoms with Gasteiger partial charge in [-0.05, 0) is 17.9 Å². The lowest BCUT2D eigenvalue weighted by Gasteiger charge is -2.17. The van der Waals surface area contributed by atoms with Crippen LogP contribution in [-0.4, -0.2) is 16.6 Å². The fraction of sp³-hybridized carbons (Fsp3) is 0.333. The zero-order valence-corrected chi connectivity index (χ0v) is 11.1. The molecule has 0 atom stereocenters.